The summed E-state index contributed by atoms with van der Waals surface area (Å²) in [5, 5.41) is 11.7. The van der Waals surface area contributed by atoms with Gasteiger partial charge in [-0.15, -0.1) is 0 Å². The van der Waals surface area contributed by atoms with Crippen molar-refractivity contribution in [1.29, 1.82) is 0 Å². The highest BCUT2D eigenvalue weighted by atomic mass is 32.1. The third-order valence-corrected chi connectivity index (χ3v) is 2.75. The Balaban J connectivity index is 3.91. The number of allylic oxidation sites excluding steroid dienone is 3. The van der Waals surface area contributed by atoms with E-state index in [1.807, 2.05) is 6.08 Å². The molecule has 0 aliphatic heterocycles. The van der Waals surface area contributed by atoms with Crippen LogP contribution in [0.4, 0.5) is 0 Å². The molecule has 0 fully saturated rings. The van der Waals surface area contributed by atoms with Crippen molar-refractivity contribution >= 4 is 18.6 Å². The molecule has 0 spiro atoms. The van der Waals surface area contributed by atoms with E-state index in [1.165, 1.54) is 11.1 Å². The lowest BCUT2D eigenvalue weighted by Gasteiger charge is -2.09. The summed E-state index contributed by atoms with van der Waals surface area (Å²) in [6.07, 6.45) is 6.31. The predicted molar refractivity (Wildman–Crippen MR) is 75.7 cm³/mol. The summed E-state index contributed by atoms with van der Waals surface area (Å²) < 4.78 is 0. The zero-order valence-electron chi connectivity index (χ0n) is 10.9. The van der Waals surface area contributed by atoms with Crippen LogP contribution >= 0.6 is 12.6 Å². The number of carboxylic acids is 1. The SMILES string of the molecule is CC(C)=CCC/C(C)=C/CNC(CS)C(=O)O. The van der Waals surface area contributed by atoms with Gasteiger partial charge in [0, 0.05) is 12.3 Å². The molecule has 0 saturated carbocycles. The van der Waals surface area contributed by atoms with Gasteiger partial charge in [0.05, 0.1) is 0 Å². The Morgan fingerprint density at radius 3 is 2.47 bits per heavy atom. The van der Waals surface area contributed by atoms with Crippen molar-refractivity contribution in [2.75, 3.05) is 12.3 Å². The van der Waals surface area contributed by atoms with Crippen molar-refractivity contribution in [3.63, 3.8) is 0 Å². The van der Waals surface area contributed by atoms with Crippen LogP contribution in [0.15, 0.2) is 23.3 Å². The fourth-order valence-electron chi connectivity index (χ4n) is 1.30. The average Bonchev–Trinajstić information content (AvgIpc) is 2.23. The van der Waals surface area contributed by atoms with E-state index >= 15 is 0 Å². The van der Waals surface area contributed by atoms with Gasteiger partial charge in [0.2, 0.25) is 0 Å². The van der Waals surface area contributed by atoms with E-state index in [2.05, 4.69) is 44.8 Å². The lowest BCUT2D eigenvalue weighted by atomic mass is 10.1. The van der Waals surface area contributed by atoms with Crippen LogP contribution in [0.3, 0.4) is 0 Å². The van der Waals surface area contributed by atoms with Gasteiger partial charge in [-0.3, -0.25) is 4.79 Å². The molecule has 0 aromatic heterocycles. The van der Waals surface area contributed by atoms with E-state index < -0.39 is 12.0 Å². The van der Waals surface area contributed by atoms with Crippen LogP contribution in [0.1, 0.15) is 33.6 Å². The van der Waals surface area contributed by atoms with E-state index in [9.17, 15) is 4.79 Å². The molecule has 4 heteroatoms. The average molecular weight is 257 g/mol. The number of nitrogens with one attached hydrogen (secondary N) is 1. The smallest absolute Gasteiger partial charge is 0.321 e. The number of thiol groups is 1. The molecule has 0 rings (SSSR count). The molecule has 0 saturated heterocycles. The minimum Gasteiger partial charge on any atom is -0.480 e. The number of aliphatic carboxylic acids is 1. The summed E-state index contributed by atoms with van der Waals surface area (Å²) in [6, 6.07) is -0.569. The van der Waals surface area contributed by atoms with Crippen LogP contribution in [0, 0.1) is 0 Å². The van der Waals surface area contributed by atoms with Crippen LogP contribution < -0.4 is 5.32 Å². The molecule has 2 N–H and O–H groups in total. The van der Waals surface area contributed by atoms with E-state index in [0.29, 0.717) is 12.3 Å². The van der Waals surface area contributed by atoms with Gasteiger partial charge >= 0.3 is 5.97 Å². The first kappa shape index (κ1) is 16.3. The van der Waals surface area contributed by atoms with E-state index in [1.54, 1.807) is 0 Å². The molecule has 0 aromatic carbocycles. The minimum atomic E-state index is -0.851. The van der Waals surface area contributed by atoms with Crippen molar-refractivity contribution in [2.24, 2.45) is 0 Å². The van der Waals surface area contributed by atoms with Gasteiger partial charge in [-0.2, -0.15) is 12.6 Å². The van der Waals surface area contributed by atoms with E-state index in [-0.39, 0.29) is 0 Å². The lowest BCUT2D eigenvalue weighted by molar-refractivity contribution is -0.138. The van der Waals surface area contributed by atoms with Crippen LogP contribution in [0.2, 0.25) is 0 Å². The molecule has 0 aromatic rings. The molecular formula is C13H23NO2S. The Morgan fingerprint density at radius 2 is 2.00 bits per heavy atom. The lowest BCUT2D eigenvalue weighted by Crippen LogP contribution is -2.38. The molecule has 0 aliphatic rings. The topological polar surface area (TPSA) is 49.3 Å². The van der Waals surface area contributed by atoms with E-state index in [0.717, 1.165) is 12.8 Å². The third kappa shape index (κ3) is 9.01. The zero-order chi connectivity index (χ0) is 13.3. The van der Waals surface area contributed by atoms with Gasteiger partial charge in [-0.05, 0) is 33.6 Å². The molecule has 3 nitrogen and oxygen atoms in total. The monoisotopic (exact) mass is 257 g/mol. The van der Waals surface area contributed by atoms with Crippen LogP contribution in [-0.2, 0) is 4.79 Å². The predicted octanol–water partition coefficient (Wildman–Crippen LogP) is 2.65. The van der Waals surface area contributed by atoms with Crippen LogP contribution in [0.5, 0.6) is 0 Å². The van der Waals surface area contributed by atoms with Gasteiger partial charge in [0.15, 0.2) is 0 Å². The van der Waals surface area contributed by atoms with Gasteiger partial charge in [-0.1, -0.05) is 23.3 Å². The Kier molecular flexibility index (Phi) is 8.90. The molecule has 98 valence electrons. The standard InChI is InChI=1S/C13H23NO2S/c1-10(2)5-4-6-11(3)7-8-14-12(9-17)13(15)16/h5,7,12,14,17H,4,6,8-9H2,1-3H3,(H,15,16)/b11-7+. The maximum absolute atomic E-state index is 10.7. The number of hydrogen-bond acceptors (Lipinski definition) is 3. The maximum atomic E-state index is 10.7. The van der Waals surface area contributed by atoms with E-state index in [4.69, 9.17) is 5.11 Å². The highest BCUT2D eigenvalue weighted by molar-refractivity contribution is 7.80. The van der Waals surface area contributed by atoms with Crippen molar-refractivity contribution in [2.45, 2.75) is 39.7 Å². The number of carbonyl (C=O) groups is 1. The third-order valence-electron chi connectivity index (χ3n) is 2.39. The molecule has 0 amide bonds. The zero-order valence-corrected chi connectivity index (χ0v) is 11.8. The molecule has 0 heterocycles. The van der Waals surface area contributed by atoms with Crippen LogP contribution in [-0.4, -0.2) is 29.4 Å². The van der Waals surface area contributed by atoms with Crippen LogP contribution in [0.25, 0.3) is 0 Å². The molecular weight excluding hydrogens is 234 g/mol. The molecule has 0 aliphatic carbocycles. The first-order valence-corrected chi connectivity index (χ1v) is 6.46. The Hall–Kier alpha value is -0.740. The fourth-order valence-corrected chi connectivity index (χ4v) is 1.58. The van der Waals surface area contributed by atoms with Gasteiger partial charge < -0.3 is 10.4 Å². The first-order chi connectivity index (χ1) is 7.97. The second-order valence-electron chi connectivity index (χ2n) is 4.35. The molecule has 17 heavy (non-hydrogen) atoms. The quantitative estimate of drug-likeness (QED) is 0.463. The number of hydrogen-bond donors (Lipinski definition) is 3. The second kappa shape index (κ2) is 9.31. The molecule has 0 bridgehead atoms. The summed E-state index contributed by atoms with van der Waals surface area (Å²) in [7, 11) is 0. The van der Waals surface area contributed by atoms with Gasteiger partial charge in [0.1, 0.15) is 6.04 Å². The van der Waals surface area contributed by atoms with Crippen molar-refractivity contribution in [3.8, 4) is 0 Å². The fraction of sp³-hybridized carbons (Fsp3) is 0.615. The highest BCUT2D eigenvalue weighted by Gasteiger charge is 2.12. The maximum Gasteiger partial charge on any atom is 0.321 e. The van der Waals surface area contributed by atoms with Gasteiger partial charge in [0.25, 0.3) is 0 Å². The summed E-state index contributed by atoms with van der Waals surface area (Å²) in [5.41, 5.74) is 2.61. The summed E-state index contributed by atoms with van der Waals surface area (Å²) in [5.74, 6) is -0.546. The highest BCUT2D eigenvalue weighted by Crippen LogP contribution is 2.05. The Bertz CT molecular complexity index is 294. The summed E-state index contributed by atoms with van der Waals surface area (Å²) in [6.45, 7) is 6.82. The Morgan fingerprint density at radius 1 is 1.35 bits per heavy atom. The Labute approximate surface area is 109 Å². The summed E-state index contributed by atoms with van der Waals surface area (Å²) in [4.78, 5) is 10.7. The normalized spacial score (nSPS) is 13.3. The second-order valence-corrected chi connectivity index (χ2v) is 4.72. The first-order valence-electron chi connectivity index (χ1n) is 5.83. The van der Waals surface area contributed by atoms with Crippen molar-refractivity contribution < 1.29 is 9.90 Å². The number of rotatable bonds is 8. The molecule has 0 radical (unpaired) electrons. The summed E-state index contributed by atoms with van der Waals surface area (Å²) >= 11 is 3.99. The van der Waals surface area contributed by atoms with Gasteiger partial charge in [-0.25, -0.2) is 0 Å². The van der Waals surface area contributed by atoms with Crippen molar-refractivity contribution in [3.05, 3.63) is 23.3 Å². The molecule has 1 atom stereocenters. The minimum absolute atomic E-state index is 0.306. The molecule has 1 unspecified atom stereocenters. The van der Waals surface area contributed by atoms with Crippen molar-refractivity contribution in [1.82, 2.24) is 5.32 Å². The number of carboxylic acid groups (broad SMARTS) is 1. The largest absolute Gasteiger partial charge is 0.480 e.